The molecule has 0 radical (unpaired) electrons. The van der Waals surface area contributed by atoms with Gasteiger partial charge in [-0.05, 0) is 74.2 Å². The molecular weight excluding hydrogens is 555 g/mol. The van der Waals surface area contributed by atoms with Gasteiger partial charge in [-0.15, -0.1) is 11.3 Å². The van der Waals surface area contributed by atoms with Crippen LogP contribution in [0.2, 0.25) is 0 Å². The van der Waals surface area contributed by atoms with E-state index in [1.807, 2.05) is 48.5 Å². The van der Waals surface area contributed by atoms with E-state index >= 15 is 0 Å². The summed E-state index contributed by atoms with van der Waals surface area (Å²) in [5.41, 5.74) is 4.25. The number of nitrogens with zero attached hydrogens (tertiary/aromatic N) is 2. The van der Waals surface area contributed by atoms with E-state index in [0.717, 1.165) is 50.9 Å². The number of nitrogens with one attached hydrogen (secondary N) is 1. The van der Waals surface area contributed by atoms with Gasteiger partial charge in [0.1, 0.15) is 10.6 Å². The molecule has 1 saturated carbocycles. The summed E-state index contributed by atoms with van der Waals surface area (Å²) in [6, 6.07) is 22.5. The lowest BCUT2D eigenvalue weighted by Gasteiger charge is -2.12. The largest absolute Gasteiger partial charge is 0.383 e. The van der Waals surface area contributed by atoms with E-state index in [4.69, 9.17) is 4.98 Å². The number of aliphatic hydroxyl groups is 1. The van der Waals surface area contributed by atoms with Crippen LogP contribution in [0.1, 0.15) is 42.1 Å². The number of carbonyl (C=O) groups is 1. The Morgan fingerprint density at radius 2 is 1.71 bits per heavy atom. The third-order valence-electron chi connectivity index (χ3n) is 7.02. The number of aromatic nitrogens is 2. The summed E-state index contributed by atoms with van der Waals surface area (Å²) in [5.74, 6) is -0.0900. The molecule has 0 saturated heterocycles. The van der Waals surface area contributed by atoms with Crippen LogP contribution in [-0.2, 0) is 15.4 Å². The van der Waals surface area contributed by atoms with Gasteiger partial charge in [-0.25, -0.2) is 13.4 Å². The van der Waals surface area contributed by atoms with E-state index in [9.17, 15) is 18.3 Å². The molecule has 0 atom stereocenters. The number of thiazole rings is 1. The smallest absolute Gasteiger partial charge is 0.251 e. The van der Waals surface area contributed by atoms with Crippen LogP contribution < -0.4 is 5.32 Å². The zero-order valence-corrected chi connectivity index (χ0v) is 24.5. The molecule has 1 aliphatic rings. The first-order chi connectivity index (χ1) is 19.5. The molecule has 0 aliphatic heterocycles. The molecule has 41 heavy (non-hydrogen) atoms. The first-order valence-electron chi connectivity index (χ1n) is 13.3. The van der Waals surface area contributed by atoms with E-state index in [2.05, 4.69) is 10.3 Å². The Hall–Kier alpha value is -3.92. The predicted octanol–water partition coefficient (Wildman–Crippen LogP) is 6.22. The Kier molecular flexibility index (Phi) is 6.76. The molecule has 0 spiro atoms. The number of benzene rings is 3. The minimum atomic E-state index is -3.34. The third-order valence-corrected chi connectivity index (χ3v) is 9.57. The number of pyridine rings is 1. The first kappa shape index (κ1) is 27.3. The molecule has 0 unspecified atom stereocenters. The van der Waals surface area contributed by atoms with E-state index < -0.39 is 15.4 Å². The molecule has 2 aromatic heterocycles. The van der Waals surface area contributed by atoms with Gasteiger partial charge in [0.05, 0.1) is 21.0 Å². The van der Waals surface area contributed by atoms with Crippen LogP contribution >= 0.6 is 11.3 Å². The fourth-order valence-electron chi connectivity index (χ4n) is 4.70. The predicted molar refractivity (Wildman–Crippen MR) is 163 cm³/mol. The van der Waals surface area contributed by atoms with Gasteiger partial charge in [0, 0.05) is 40.6 Å². The number of hydrogen-bond donors (Lipinski definition) is 2. The molecule has 6 rings (SSSR count). The molecule has 3 aromatic carbocycles. The molecule has 2 N–H and O–H groups in total. The maximum Gasteiger partial charge on any atom is 0.251 e. The van der Waals surface area contributed by atoms with Crippen molar-refractivity contribution in [1.82, 2.24) is 15.3 Å². The Morgan fingerprint density at radius 1 is 0.976 bits per heavy atom. The minimum absolute atomic E-state index is 0.0900. The number of sulfone groups is 1. The van der Waals surface area contributed by atoms with Crippen molar-refractivity contribution in [1.29, 1.82) is 0 Å². The molecule has 0 bridgehead atoms. The van der Waals surface area contributed by atoms with E-state index in [1.165, 1.54) is 17.6 Å². The number of carbonyl (C=O) groups excluding carboxylic acids is 1. The third kappa shape index (κ3) is 5.66. The molecule has 7 nitrogen and oxygen atoms in total. The van der Waals surface area contributed by atoms with Crippen molar-refractivity contribution in [2.45, 2.75) is 43.2 Å². The molecule has 2 heterocycles. The van der Waals surface area contributed by atoms with Crippen LogP contribution in [0.4, 0.5) is 0 Å². The highest BCUT2D eigenvalue weighted by atomic mass is 32.2. The number of amides is 1. The SMILES string of the molecule is CC(C)(O)c1nc(-c2ccc(S(C)(=O)=O)cc2)c(-c2cccc(-c3cc(C(=O)NC4CC4)cc4cccnc34)c2)s1. The molecule has 1 aliphatic carbocycles. The summed E-state index contributed by atoms with van der Waals surface area (Å²) < 4.78 is 24.0. The second kappa shape index (κ2) is 10.2. The second-order valence-electron chi connectivity index (χ2n) is 11.0. The van der Waals surface area contributed by atoms with Crippen LogP contribution in [0.5, 0.6) is 0 Å². The van der Waals surface area contributed by atoms with Crippen LogP contribution in [0.25, 0.3) is 43.7 Å². The number of hydrogen-bond acceptors (Lipinski definition) is 7. The molecule has 208 valence electrons. The minimum Gasteiger partial charge on any atom is -0.383 e. The summed E-state index contributed by atoms with van der Waals surface area (Å²) in [5, 5.41) is 15.3. The zero-order valence-electron chi connectivity index (χ0n) is 22.9. The van der Waals surface area contributed by atoms with Crippen LogP contribution in [0, 0.1) is 0 Å². The summed E-state index contributed by atoms with van der Waals surface area (Å²) >= 11 is 1.39. The highest BCUT2D eigenvalue weighted by Crippen LogP contribution is 2.42. The lowest BCUT2D eigenvalue weighted by molar-refractivity contribution is 0.0783. The van der Waals surface area contributed by atoms with Crippen molar-refractivity contribution in [3.05, 3.63) is 89.6 Å². The van der Waals surface area contributed by atoms with Crippen molar-refractivity contribution in [2.75, 3.05) is 6.26 Å². The molecular formula is C32H29N3O4S2. The maximum atomic E-state index is 13.0. The fourth-order valence-corrected chi connectivity index (χ4v) is 6.42. The van der Waals surface area contributed by atoms with Crippen LogP contribution in [0.3, 0.4) is 0 Å². The standard InChI is InChI=1S/C32H29N3O4S2/c1-32(2,37)31-35-28(19-9-13-25(14-10-19)41(3,38)39)29(40-31)22-7-4-6-20(16-22)26-18-23(30(36)34-24-11-12-24)17-21-8-5-15-33-27(21)26/h4-10,13-18,24,37H,11-12H2,1-3H3,(H,34,36). The summed E-state index contributed by atoms with van der Waals surface area (Å²) in [6.07, 6.45) is 4.95. The maximum absolute atomic E-state index is 13.0. The average Bonchev–Trinajstić information content (AvgIpc) is 3.64. The Balaban J connectivity index is 1.48. The fraction of sp³-hybridized carbons (Fsp3) is 0.219. The summed E-state index contributed by atoms with van der Waals surface area (Å²) in [6.45, 7) is 3.39. The number of rotatable bonds is 7. The topological polar surface area (TPSA) is 109 Å². The highest BCUT2D eigenvalue weighted by molar-refractivity contribution is 7.90. The van der Waals surface area contributed by atoms with Gasteiger partial charge in [-0.3, -0.25) is 9.78 Å². The molecule has 9 heteroatoms. The summed E-state index contributed by atoms with van der Waals surface area (Å²) in [4.78, 5) is 23.5. The van der Waals surface area contributed by atoms with Crippen molar-refractivity contribution in [3.8, 4) is 32.8 Å². The van der Waals surface area contributed by atoms with Gasteiger partial charge in [0.2, 0.25) is 0 Å². The summed E-state index contributed by atoms with van der Waals surface area (Å²) in [7, 11) is -3.34. The van der Waals surface area contributed by atoms with E-state index in [1.54, 1.807) is 44.3 Å². The lowest BCUT2D eigenvalue weighted by Crippen LogP contribution is -2.25. The normalized spacial score (nSPS) is 13.9. The van der Waals surface area contributed by atoms with Gasteiger partial charge >= 0.3 is 0 Å². The Labute approximate surface area is 242 Å². The highest BCUT2D eigenvalue weighted by Gasteiger charge is 2.26. The molecule has 5 aromatic rings. The van der Waals surface area contributed by atoms with Gasteiger partial charge < -0.3 is 10.4 Å². The second-order valence-corrected chi connectivity index (χ2v) is 14.0. The lowest BCUT2D eigenvalue weighted by atomic mass is 9.96. The Bertz CT molecular complexity index is 1900. The monoisotopic (exact) mass is 583 g/mol. The molecule has 1 amide bonds. The van der Waals surface area contributed by atoms with Crippen molar-refractivity contribution in [3.63, 3.8) is 0 Å². The van der Waals surface area contributed by atoms with Crippen molar-refractivity contribution in [2.24, 2.45) is 0 Å². The first-order valence-corrected chi connectivity index (χ1v) is 16.0. The quantitative estimate of drug-likeness (QED) is 0.236. The zero-order chi connectivity index (χ0) is 28.9. The van der Waals surface area contributed by atoms with Gasteiger partial charge in [-0.1, -0.05) is 36.4 Å². The van der Waals surface area contributed by atoms with E-state index in [0.29, 0.717) is 16.3 Å². The Morgan fingerprint density at radius 3 is 2.39 bits per heavy atom. The van der Waals surface area contributed by atoms with Crippen molar-refractivity contribution < 1.29 is 18.3 Å². The van der Waals surface area contributed by atoms with Crippen LogP contribution in [-0.4, -0.2) is 41.7 Å². The van der Waals surface area contributed by atoms with Crippen molar-refractivity contribution >= 4 is 38.0 Å². The number of fused-ring (bicyclic) bond motifs is 1. The molecule has 1 fully saturated rings. The average molecular weight is 584 g/mol. The van der Waals surface area contributed by atoms with Crippen LogP contribution in [0.15, 0.2) is 83.9 Å². The van der Waals surface area contributed by atoms with E-state index in [-0.39, 0.29) is 16.8 Å². The van der Waals surface area contributed by atoms with Gasteiger partial charge in [0.25, 0.3) is 5.91 Å². The van der Waals surface area contributed by atoms with Gasteiger partial charge in [0.15, 0.2) is 9.84 Å². The van der Waals surface area contributed by atoms with Gasteiger partial charge in [-0.2, -0.15) is 0 Å².